The van der Waals surface area contributed by atoms with Crippen LogP contribution in [0.2, 0.25) is 0 Å². The van der Waals surface area contributed by atoms with Gasteiger partial charge in [-0.1, -0.05) is 12.5 Å². The third-order valence-corrected chi connectivity index (χ3v) is 6.54. The summed E-state index contributed by atoms with van der Waals surface area (Å²) in [6, 6.07) is 7.99. The molecule has 0 radical (unpaired) electrons. The molecule has 2 aliphatic rings. The van der Waals surface area contributed by atoms with Gasteiger partial charge in [-0.15, -0.1) is 0 Å². The fourth-order valence-electron chi connectivity index (χ4n) is 5.22. The number of anilines is 2. The van der Waals surface area contributed by atoms with Gasteiger partial charge in [0.05, 0.1) is 17.5 Å². The van der Waals surface area contributed by atoms with E-state index in [2.05, 4.69) is 25.7 Å². The molecule has 1 saturated carbocycles. The molecule has 4 atom stereocenters. The molecule has 1 saturated heterocycles. The number of unbranched alkanes of at least 4 members (excludes halogenated alkanes) is 1. The molecule has 4 N–H and O–H groups in total. The topological polar surface area (TPSA) is 114 Å². The van der Waals surface area contributed by atoms with Crippen LogP contribution >= 0.6 is 0 Å². The van der Waals surface area contributed by atoms with Crippen molar-refractivity contribution in [2.24, 2.45) is 5.92 Å². The van der Waals surface area contributed by atoms with E-state index in [4.69, 9.17) is 20.9 Å². The predicted molar refractivity (Wildman–Crippen MR) is 119 cm³/mol. The number of nitrogens with two attached hydrogens (primary N) is 2. The van der Waals surface area contributed by atoms with E-state index < -0.39 is 5.79 Å². The van der Waals surface area contributed by atoms with E-state index in [9.17, 15) is 0 Å². The molecule has 1 aliphatic carbocycles. The van der Waals surface area contributed by atoms with Crippen LogP contribution in [0, 0.1) is 5.92 Å². The Morgan fingerprint density at radius 1 is 1.10 bits per heavy atom. The molecule has 4 heterocycles. The first kappa shape index (κ1) is 20.2. The Labute approximate surface area is 182 Å². The summed E-state index contributed by atoms with van der Waals surface area (Å²) in [5.41, 5.74) is 13.8. The molecule has 0 bridgehead atoms. The largest absolute Gasteiger partial charge is 0.384 e. The van der Waals surface area contributed by atoms with Gasteiger partial charge in [0.25, 0.3) is 0 Å². The van der Waals surface area contributed by atoms with Gasteiger partial charge in [-0.05, 0) is 63.6 Å². The van der Waals surface area contributed by atoms with E-state index in [0.29, 0.717) is 17.6 Å². The zero-order valence-electron chi connectivity index (χ0n) is 18.1. The van der Waals surface area contributed by atoms with Crippen LogP contribution in [0.15, 0.2) is 36.8 Å². The molecule has 0 unspecified atom stereocenters. The quantitative estimate of drug-likeness (QED) is 0.585. The molecule has 0 aromatic carbocycles. The number of ether oxygens (including phenoxy) is 2. The first-order chi connectivity index (χ1) is 14.9. The van der Waals surface area contributed by atoms with Gasteiger partial charge < -0.3 is 25.5 Å². The number of pyridine rings is 1. The second-order valence-electron chi connectivity index (χ2n) is 9.15. The Morgan fingerprint density at radius 2 is 1.94 bits per heavy atom. The summed E-state index contributed by atoms with van der Waals surface area (Å²) in [6.45, 7) is 4.00. The highest BCUT2D eigenvalue weighted by atomic mass is 16.8. The lowest BCUT2D eigenvalue weighted by Gasteiger charge is -2.24. The van der Waals surface area contributed by atoms with Gasteiger partial charge >= 0.3 is 0 Å². The average Bonchev–Trinajstić information content (AvgIpc) is 3.37. The summed E-state index contributed by atoms with van der Waals surface area (Å²) in [5, 5.41) is 0.885. The number of hydrogen-bond donors (Lipinski definition) is 2. The van der Waals surface area contributed by atoms with Crippen molar-refractivity contribution >= 4 is 22.7 Å². The summed E-state index contributed by atoms with van der Waals surface area (Å²) in [5.74, 6) is 0.951. The van der Waals surface area contributed by atoms with Gasteiger partial charge in [0, 0.05) is 11.9 Å². The van der Waals surface area contributed by atoms with Crippen molar-refractivity contribution in [2.75, 3.05) is 11.5 Å². The van der Waals surface area contributed by atoms with E-state index in [1.807, 2.05) is 38.1 Å². The first-order valence-corrected chi connectivity index (χ1v) is 11.1. The average molecular weight is 423 g/mol. The number of aromatic nitrogens is 4. The Hall–Kier alpha value is -2.71. The van der Waals surface area contributed by atoms with Crippen LogP contribution in [0.25, 0.3) is 11.0 Å². The smallest absolute Gasteiger partial charge is 0.163 e. The number of fused-ring (bicyclic) bond motifs is 2. The molecule has 3 aromatic heterocycles. The maximum absolute atomic E-state index is 6.37. The third-order valence-electron chi connectivity index (χ3n) is 6.54. The highest BCUT2D eigenvalue weighted by Crippen LogP contribution is 2.49. The van der Waals surface area contributed by atoms with Crippen molar-refractivity contribution in [3.63, 3.8) is 0 Å². The van der Waals surface area contributed by atoms with Crippen LogP contribution in [0.1, 0.15) is 51.3 Å². The fourth-order valence-corrected chi connectivity index (χ4v) is 5.22. The molecule has 0 amide bonds. The second kappa shape index (κ2) is 7.76. The zero-order chi connectivity index (χ0) is 21.6. The number of nitrogen functional groups attached to an aromatic ring is 2. The zero-order valence-corrected chi connectivity index (χ0v) is 18.1. The van der Waals surface area contributed by atoms with Crippen molar-refractivity contribution in [3.05, 3.63) is 42.5 Å². The van der Waals surface area contributed by atoms with Crippen molar-refractivity contribution in [1.29, 1.82) is 0 Å². The van der Waals surface area contributed by atoms with Crippen molar-refractivity contribution in [1.82, 2.24) is 19.5 Å². The predicted octanol–water partition coefficient (Wildman–Crippen LogP) is 3.48. The van der Waals surface area contributed by atoms with E-state index in [-0.39, 0.29) is 18.2 Å². The number of nitrogens with zero attached hydrogens (tertiary/aromatic N) is 4. The van der Waals surface area contributed by atoms with Crippen LogP contribution < -0.4 is 11.5 Å². The lowest BCUT2D eigenvalue weighted by atomic mass is 9.97. The molecule has 5 rings (SSSR count). The molecule has 8 nitrogen and oxygen atoms in total. The minimum atomic E-state index is -0.575. The molecular weight excluding hydrogens is 392 g/mol. The highest BCUT2D eigenvalue weighted by Gasteiger charge is 2.54. The molecule has 8 heteroatoms. The van der Waals surface area contributed by atoms with E-state index in [0.717, 1.165) is 48.8 Å². The Morgan fingerprint density at radius 3 is 2.77 bits per heavy atom. The Kier molecular flexibility index (Phi) is 5.06. The summed E-state index contributed by atoms with van der Waals surface area (Å²) in [4.78, 5) is 13.0. The van der Waals surface area contributed by atoms with Crippen LogP contribution in [0.3, 0.4) is 0 Å². The van der Waals surface area contributed by atoms with Crippen molar-refractivity contribution in [2.45, 2.75) is 70.0 Å². The lowest BCUT2D eigenvalue weighted by molar-refractivity contribution is -0.160. The monoisotopic (exact) mass is 422 g/mol. The van der Waals surface area contributed by atoms with Gasteiger partial charge in [0.15, 0.2) is 5.79 Å². The maximum atomic E-state index is 6.37. The standard InChI is InChI=1S/C23H30N6O2/c1-23(2)30-19-14(6-3-4-7-15-8-5-9-18(24)28-15)12-17(20(19)31-23)29-11-10-16-21(25)26-13-27-22(16)29/h5,8-11,13-14,17,19-20H,3-4,6-7,12H2,1-2H3,(H2,24,28)(H2,25,26,27)/t14-,17+,19+,20-/m0/s1. The van der Waals surface area contributed by atoms with Gasteiger partial charge in [0.2, 0.25) is 0 Å². The van der Waals surface area contributed by atoms with Gasteiger partial charge in [-0.3, -0.25) is 0 Å². The summed E-state index contributed by atoms with van der Waals surface area (Å²) in [6.07, 6.45) is 8.89. The van der Waals surface area contributed by atoms with Crippen LogP contribution in [-0.4, -0.2) is 37.5 Å². The number of hydrogen-bond acceptors (Lipinski definition) is 7. The number of aryl methyl sites for hydroxylation is 1. The summed E-state index contributed by atoms with van der Waals surface area (Å²) in [7, 11) is 0. The van der Waals surface area contributed by atoms with E-state index in [1.165, 1.54) is 6.33 Å². The highest BCUT2D eigenvalue weighted by molar-refractivity contribution is 5.86. The molecule has 1 aliphatic heterocycles. The molecule has 0 spiro atoms. The third kappa shape index (κ3) is 3.85. The Balaban J connectivity index is 1.30. The van der Waals surface area contributed by atoms with Crippen LogP contribution in [0.4, 0.5) is 11.6 Å². The van der Waals surface area contributed by atoms with E-state index >= 15 is 0 Å². The maximum Gasteiger partial charge on any atom is 0.163 e. The van der Waals surface area contributed by atoms with Gasteiger partial charge in [-0.2, -0.15) is 0 Å². The molecule has 164 valence electrons. The van der Waals surface area contributed by atoms with Crippen LogP contribution in [0.5, 0.6) is 0 Å². The molecule has 3 aromatic rings. The minimum absolute atomic E-state index is 0.00220. The SMILES string of the molecule is CC1(C)O[C@@H]2[C@@H](CCCCc3cccc(N)n3)C[C@@H](n3ccc4c(N)ncnc43)[C@@H]2O1. The molecule has 2 fully saturated rings. The fraction of sp³-hybridized carbons (Fsp3) is 0.522. The van der Waals surface area contributed by atoms with Crippen LogP contribution in [-0.2, 0) is 15.9 Å². The normalized spacial score (nSPS) is 27.0. The first-order valence-electron chi connectivity index (χ1n) is 11.1. The lowest BCUT2D eigenvalue weighted by Crippen LogP contribution is -2.27. The minimum Gasteiger partial charge on any atom is -0.384 e. The van der Waals surface area contributed by atoms with E-state index in [1.54, 1.807) is 0 Å². The van der Waals surface area contributed by atoms with Crippen molar-refractivity contribution < 1.29 is 9.47 Å². The second-order valence-corrected chi connectivity index (χ2v) is 9.15. The summed E-state index contributed by atoms with van der Waals surface area (Å²) < 4.78 is 14.9. The number of rotatable bonds is 6. The summed E-state index contributed by atoms with van der Waals surface area (Å²) >= 11 is 0. The van der Waals surface area contributed by atoms with Gasteiger partial charge in [0.1, 0.15) is 29.7 Å². The molecule has 31 heavy (non-hydrogen) atoms. The Bertz CT molecular complexity index is 1080. The molecular formula is C23H30N6O2. The van der Waals surface area contributed by atoms with Gasteiger partial charge in [-0.25, -0.2) is 15.0 Å². The van der Waals surface area contributed by atoms with Crippen molar-refractivity contribution in [3.8, 4) is 0 Å².